The fourth-order valence-electron chi connectivity index (χ4n) is 2.96. The third kappa shape index (κ3) is 2.16. The molecule has 0 atom stereocenters. The van der Waals surface area contributed by atoms with E-state index in [1.54, 1.807) is 10.8 Å². The van der Waals surface area contributed by atoms with Crippen molar-refractivity contribution in [3.63, 3.8) is 0 Å². The van der Waals surface area contributed by atoms with Gasteiger partial charge in [-0.2, -0.15) is 5.10 Å². The quantitative estimate of drug-likeness (QED) is 0.919. The number of nitrogens with zero attached hydrogens (tertiary/aromatic N) is 4. The van der Waals surface area contributed by atoms with Crippen LogP contribution in [0.25, 0.3) is 11.2 Å². The molecular formula is C15H16N4O2. The minimum absolute atomic E-state index is 0.462. The van der Waals surface area contributed by atoms with Gasteiger partial charge in [0.15, 0.2) is 5.65 Å². The van der Waals surface area contributed by atoms with E-state index in [1.165, 1.54) is 34.4 Å². The lowest BCUT2D eigenvalue weighted by Gasteiger charge is -2.24. The second-order valence-corrected chi connectivity index (χ2v) is 5.69. The van der Waals surface area contributed by atoms with Gasteiger partial charge in [-0.25, -0.2) is 14.3 Å². The maximum absolute atomic E-state index is 11.0. The van der Waals surface area contributed by atoms with Gasteiger partial charge in [0.25, 0.3) is 0 Å². The van der Waals surface area contributed by atoms with Crippen LogP contribution in [-0.4, -0.2) is 43.8 Å². The van der Waals surface area contributed by atoms with Crippen molar-refractivity contribution in [2.75, 3.05) is 13.1 Å². The Morgan fingerprint density at radius 2 is 2.24 bits per heavy atom. The van der Waals surface area contributed by atoms with Gasteiger partial charge in [0.05, 0.1) is 0 Å². The Morgan fingerprint density at radius 3 is 2.90 bits per heavy atom. The first-order valence-electron chi connectivity index (χ1n) is 7.23. The van der Waals surface area contributed by atoms with Crippen LogP contribution in [-0.2, 0) is 0 Å². The Kier molecular flexibility index (Phi) is 2.70. The summed E-state index contributed by atoms with van der Waals surface area (Å²) in [4.78, 5) is 16.7. The van der Waals surface area contributed by atoms with E-state index in [1.807, 2.05) is 12.3 Å². The highest BCUT2D eigenvalue weighted by atomic mass is 16.4. The molecule has 4 rings (SSSR count). The van der Waals surface area contributed by atoms with Crippen LogP contribution >= 0.6 is 0 Å². The maximum Gasteiger partial charge on any atom is 0.407 e. The third-order valence-electron chi connectivity index (χ3n) is 4.29. The van der Waals surface area contributed by atoms with E-state index < -0.39 is 6.09 Å². The summed E-state index contributed by atoms with van der Waals surface area (Å²) in [5, 5.41) is 13.2. The number of aromatic nitrogens is 3. The van der Waals surface area contributed by atoms with Gasteiger partial charge in [0.2, 0.25) is 0 Å². The molecule has 0 bridgehead atoms. The highest BCUT2D eigenvalue weighted by Gasteiger charge is 2.28. The first kappa shape index (κ1) is 12.4. The largest absolute Gasteiger partial charge is 0.465 e. The van der Waals surface area contributed by atoms with Crippen molar-refractivity contribution in [3.8, 4) is 0 Å². The van der Waals surface area contributed by atoms with Crippen molar-refractivity contribution in [2.24, 2.45) is 0 Å². The molecule has 3 heterocycles. The van der Waals surface area contributed by atoms with Crippen molar-refractivity contribution >= 4 is 17.3 Å². The summed E-state index contributed by atoms with van der Waals surface area (Å²) >= 11 is 0. The molecule has 0 saturated heterocycles. The monoisotopic (exact) mass is 284 g/mol. The molecule has 0 unspecified atom stereocenters. The summed E-state index contributed by atoms with van der Waals surface area (Å²) in [5.74, 6) is 0.625. The van der Waals surface area contributed by atoms with Gasteiger partial charge in [-0.15, -0.1) is 0 Å². The van der Waals surface area contributed by atoms with Gasteiger partial charge in [-0.1, -0.05) is 6.08 Å². The van der Waals surface area contributed by atoms with Crippen molar-refractivity contribution in [1.82, 2.24) is 19.5 Å². The number of carboxylic acid groups (broad SMARTS) is 1. The van der Waals surface area contributed by atoms with E-state index >= 15 is 0 Å². The van der Waals surface area contributed by atoms with Crippen molar-refractivity contribution in [3.05, 3.63) is 35.8 Å². The van der Waals surface area contributed by atoms with Gasteiger partial charge in [0, 0.05) is 19.3 Å². The fourth-order valence-corrected chi connectivity index (χ4v) is 2.96. The Morgan fingerprint density at radius 1 is 1.38 bits per heavy atom. The molecular weight excluding hydrogens is 268 g/mol. The van der Waals surface area contributed by atoms with E-state index in [2.05, 4.69) is 16.1 Å². The number of fused-ring (bicyclic) bond motifs is 1. The van der Waals surface area contributed by atoms with Gasteiger partial charge >= 0.3 is 6.09 Å². The highest BCUT2D eigenvalue weighted by molar-refractivity contribution is 5.74. The van der Waals surface area contributed by atoms with Crippen LogP contribution in [0.5, 0.6) is 0 Å². The fraction of sp³-hybridized carbons (Fsp3) is 0.400. The summed E-state index contributed by atoms with van der Waals surface area (Å²) in [6.45, 7) is 1.02. The number of amides is 1. The molecule has 0 radical (unpaired) electrons. The predicted molar refractivity (Wildman–Crippen MR) is 77.2 cm³/mol. The molecule has 0 aromatic carbocycles. The lowest BCUT2D eigenvalue weighted by atomic mass is 9.94. The standard InChI is InChI=1S/C15H16N4O2/c20-15(21)18-5-3-11(4-6-18)13-8-19-14(16-9-17-19)7-12(13)10-1-2-10/h3,7-10H,1-2,4-6H2,(H,20,21). The van der Waals surface area contributed by atoms with Crippen LogP contribution in [0.3, 0.4) is 0 Å². The summed E-state index contributed by atoms with van der Waals surface area (Å²) in [6.07, 6.45) is 8.00. The average molecular weight is 284 g/mol. The smallest absolute Gasteiger partial charge is 0.407 e. The SMILES string of the molecule is O=C(O)N1CC=C(c2cn3ncnc3cc2C2CC2)CC1. The van der Waals surface area contributed by atoms with Gasteiger partial charge in [-0.05, 0) is 47.9 Å². The molecule has 1 N–H and O–H groups in total. The average Bonchev–Trinajstić information content (AvgIpc) is 3.24. The Hall–Kier alpha value is -2.37. The molecule has 1 saturated carbocycles. The second kappa shape index (κ2) is 4.58. The third-order valence-corrected chi connectivity index (χ3v) is 4.29. The van der Waals surface area contributed by atoms with Crippen LogP contribution in [0.1, 0.15) is 36.3 Å². The Bertz CT molecular complexity index is 745. The molecule has 21 heavy (non-hydrogen) atoms. The Balaban J connectivity index is 1.75. The molecule has 0 spiro atoms. The van der Waals surface area contributed by atoms with E-state index in [9.17, 15) is 4.79 Å². The first-order chi connectivity index (χ1) is 10.2. The van der Waals surface area contributed by atoms with Crippen molar-refractivity contribution in [2.45, 2.75) is 25.2 Å². The number of rotatable bonds is 2. The van der Waals surface area contributed by atoms with Gasteiger partial charge in [0.1, 0.15) is 6.33 Å². The van der Waals surface area contributed by atoms with E-state index in [4.69, 9.17) is 5.11 Å². The zero-order valence-corrected chi connectivity index (χ0v) is 11.6. The molecule has 6 nitrogen and oxygen atoms in total. The predicted octanol–water partition coefficient (Wildman–Crippen LogP) is 2.37. The van der Waals surface area contributed by atoms with Crippen LogP contribution in [0.4, 0.5) is 4.79 Å². The van der Waals surface area contributed by atoms with Crippen LogP contribution in [0.2, 0.25) is 0 Å². The molecule has 2 aliphatic rings. The molecule has 108 valence electrons. The number of hydrogen-bond donors (Lipinski definition) is 1. The number of carbonyl (C=O) groups is 1. The van der Waals surface area contributed by atoms with Crippen molar-refractivity contribution < 1.29 is 9.90 Å². The zero-order chi connectivity index (χ0) is 14.4. The summed E-state index contributed by atoms with van der Waals surface area (Å²) in [6, 6.07) is 2.13. The second-order valence-electron chi connectivity index (χ2n) is 5.69. The van der Waals surface area contributed by atoms with Crippen molar-refractivity contribution in [1.29, 1.82) is 0 Å². The molecule has 2 aromatic heterocycles. The van der Waals surface area contributed by atoms with Crippen LogP contribution < -0.4 is 0 Å². The molecule has 2 aromatic rings. The molecule has 6 heteroatoms. The lowest BCUT2D eigenvalue weighted by Crippen LogP contribution is -2.33. The van der Waals surface area contributed by atoms with Gasteiger partial charge < -0.3 is 10.0 Å². The normalized spacial score (nSPS) is 18.9. The number of pyridine rings is 1. The summed E-state index contributed by atoms with van der Waals surface area (Å²) in [5.41, 5.74) is 4.65. The van der Waals surface area contributed by atoms with Gasteiger partial charge in [-0.3, -0.25) is 0 Å². The molecule has 1 aliphatic carbocycles. The van der Waals surface area contributed by atoms with E-state index in [0.717, 1.165) is 12.1 Å². The summed E-state index contributed by atoms with van der Waals surface area (Å²) < 4.78 is 1.80. The topological polar surface area (TPSA) is 70.7 Å². The molecule has 1 fully saturated rings. The van der Waals surface area contributed by atoms with E-state index in [0.29, 0.717) is 19.0 Å². The lowest BCUT2D eigenvalue weighted by molar-refractivity contribution is 0.150. The number of hydrogen-bond acceptors (Lipinski definition) is 3. The van der Waals surface area contributed by atoms with Crippen LogP contribution in [0.15, 0.2) is 24.7 Å². The molecule has 1 aliphatic heterocycles. The highest BCUT2D eigenvalue weighted by Crippen LogP contribution is 2.44. The van der Waals surface area contributed by atoms with E-state index in [-0.39, 0.29) is 0 Å². The summed E-state index contributed by atoms with van der Waals surface area (Å²) in [7, 11) is 0. The first-order valence-corrected chi connectivity index (χ1v) is 7.23. The Labute approximate surface area is 121 Å². The minimum Gasteiger partial charge on any atom is -0.465 e. The maximum atomic E-state index is 11.0. The zero-order valence-electron chi connectivity index (χ0n) is 11.6. The van der Waals surface area contributed by atoms with Crippen LogP contribution in [0, 0.1) is 0 Å². The molecule has 1 amide bonds. The minimum atomic E-state index is -0.848.